The van der Waals surface area contributed by atoms with E-state index >= 15 is 0 Å². The third-order valence-electron chi connectivity index (χ3n) is 14.3. The maximum Gasteiger partial charge on any atom is 0.494 e. The Kier molecular flexibility index (Phi) is 22.5. The molecule has 10 aromatic carbocycles. The number of nitrogens with one attached hydrogen (secondary N) is 2. The van der Waals surface area contributed by atoms with Crippen LogP contribution >= 0.6 is 73.7 Å². The highest BCUT2D eigenvalue weighted by Gasteiger charge is 2.51. The first kappa shape index (κ1) is 68.3. The second-order valence-corrected chi connectivity index (χ2v) is 28.5. The smallest absolute Gasteiger partial charge is 0.478 e. The molecule has 17 nitrogen and oxygen atoms in total. The number of carboxylic acid groups (broad SMARTS) is 1. The van der Waals surface area contributed by atoms with E-state index in [-0.39, 0.29) is 34.7 Å². The molecule has 14 rings (SSSR count). The quantitative estimate of drug-likeness (QED) is 0.0240. The minimum absolute atomic E-state index is 0.156. The van der Waals surface area contributed by atoms with Crippen LogP contribution in [0.25, 0.3) is 87.2 Å². The molecule has 462 valence electrons. The third-order valence-corrected chi connectivity index (χ3v) is 15.0. The molecule has 25 heteroatoms. The van der Waals surface area contributed by atoms with E-state index in [0.717, 1.165) is 75.9 Å². The number of carbonyl (C=O) groups excluding carboxylic acids is 1. The van der Waals surface area contributed by atoms with Crippen LogP contribution in [-0.2, 0) is 13.9 Å². The topological polar surface area (TPSA) is 285 Å². The van der Waals surface area contributed by atoms with Crippen molar-refractivity contribution in [3.8, 4) is 11.4 Å². The zero-order chi connectivity index (χ0) is 65.8. The molecule has 0 bridgehead atoms. The number of aromatic carboxylic acids is 1. The number of carbonyl (C=O) groups is 2. The van der Waals surface area contributed by atoms with Crippen LogP contribution in [0.4, 0.5) is 10.5 Å². The molecule has 1 fully saturated rings. The van der Waals surface area contributed by atoms with Gasteiger partial charge in [-0.15, -0.1) is 0 Å². The van der Waals surface area contributed by atoms with Crippen molar-refractivity contribution >= 4 is 180 Å². The molecule has 1 saturated heterocycles. The number of rotatable bonds is 3. The number of nitrogens with two attached hydrogens (primary N) is 3. The molecule has 1 aliphatic rings. The van der Waals surface area contributed by atoms with Gasteiger partial charge in [-0.3, -0.25) is 14.3 Å². The van der Waals surface area contributed by atoms with Gasteiger partial charge in [-0.05, 0) is 124 Å². The van der Waals surface area contributed by atoms with E-state index in [1.54, 1.807) is 12.1 Å². The largest absolute Gasteiger partial charge is 0.494 e. The van der Waals surface area contributed by atoms with Crippen molar-refractivity contribution in [3.63, 3.8) is 0 Å². The van der Waals surface area contributed by atoms with E-state index in [2.05, 4.69) is 116 Å². The van der Waals surface area contributed by atoms with E-state index in [4.69, 9.17) is 64.7 Å². The lowest BCUT2D eigenvalue weighted by Gasteiger charge is -2.32. The van der Waals surface area contributed by atoms with E-state index < -0.39 is 22.9 Å². The van der Waals surface area contributed by atoms with Gasteiger partial charge in [0, 0.05) is 37.9 Å². The average Bonchev–Trinajstić information content (AvgIpc) is 1.94. The second-order valence-electron chi connectivity index (χ2n) is 20.8. The first-order valence-corrected chi connectivity index (χ1v) is 32.9. The Bertz CT molecular complexity index is 4950. The number of amides is 2. The normalized spacial score (nSPS) is 12.7. The van der Waals surface area contributed by atoms with Crippen LogP contribution < -0.4 is 33.9 Å². The summed E-state index contributed by atoms with van der Waals surface area (Å²) in [5.74, 6) is -0.335. The van der Waals surface area contributed by atoms with Crippen molar-refractivity contribution in [1.82, 2.24) is 29.9 Å². The van der Waals surface area contributed by atoms with Crippen LogP contribution in [-0.4, -0.2) is 65.3 Å². The summed E-state index contributed by atoms with van der Waals surface area (Å²) >= 11 is 32.1. The summed E-state index contributed by atoms with van der Waals surface area (Å²) in [5, 5.41) is 16.9. The number of urea groups is 1. The predicted molar refractivity (Wildman–Crippen MR) is 374 cm³/mol. The van der Waals surface area contributed by atoms with Gasteiger partial charge in [0.25, 0.3) is 5.56 Å². The molecule has 2 amide bonds. The predicted octanol–water partition coefficient (Wildman–Crippen LogP) is 16.5. The standard InChI is InChI=1S/C18H11ClN2.C12H17BO2.C12H6Cl2N2.C12H8N2O2.C11H9NO2.CH4N2O.Cl3OP/c19-17-15-11-10-12-6-4-5-9-14(12)16(15)20-18(21-17)13-7-2-1-3-8-13;1-11(2)12(3,4)15-13(14-11)10-8-6-5-7-9-10;13-11-9-6-5-7-3-1-2-4-8(7)10(9)15-12(14)16-11;15-11-9-6-5-7-3-1-2-4-8(7)10(9)13-12(16)14-11;12-10-8-4-2-1-3-7(8)5-6-9(10)11(13)14;2-1(3)4;1-5(2,3)4/h1-11H;5-9H,1-4H3;1-6H;1-6H,(H2,13,14,15,16);1-6H,12H2,(H,13,14);(H4,2,3,4);. The Labute approximate surface area is 550 Å². The molecular formula is C66H55BCl6N9O8P. The Balaban J connectivity index is 0.000000143. The summed E-state index contributed by atoms with van der Waals surface area (Å²) in [4.78, 5) is 64.8. The van der Waals surface area contributed by atoms with Gasteiger partial charge in [-0.2, -0.15) is 0 Å². The van der Waals surface area contributed by atoms with Crippen LogP contribution in [0, 0.1) is 0 Å². The summed E-state index contributed by atoms with van der Waals surface area (Å²) in [6, 6.07) is 65.1. The van der Waals surface area contributed by atoms with Crippen LogP contribution in [0.1, 0.15) is 38.1 Å². The molecule has 4 heterocycles. The fourth-order valence-corrected chi connectivity index (χ4v) is 10.0. The lowest BCUT2D eigenvalue weighted by molar-refractivity contribution is 0.00578. The summed E-state index contributed by atoms with van der Waals surface area (Å²) in [7, 11) is -0.240. The number of aromatic amines is 2. The number of carboxylic acids is 1. The van der Waals surface area contributed by atoms with Crippen molar-refractivity contribution in [2.45, 2.75) is 38.9 Å². The van der Waals surface area contributed by atoms with Gasteiger partial charge >= 0.3 is 30.0 Å². The molecule has 13 aromatic rings. The molecule has 0 aliphatic carbocycles. The van der Waals surface area contributed by atoms with Crippen LogP contribution in [0.3, 0.4) is 0 Å². The summed E-state index contributed by atoms with van der Waals surface area (Å²) in [6.45, 7) is 8.26. The van der Waals surface area contributed by atoms with Gasteiger partial charge in [0.2, 0.25) is 5.28 Å². The highest BCUT2D eigenvalue weighted by molar-refractivity contribution is 8.24. The highest BCUT2D eigenvalue weighted by atomic mass is 36.0. The fraction of sp³-hybridized carbons (Fsp3) is 0.0909. The Morgan fingerprint density at radius 3 is 1.41 bits per heavy atom. The van der Waals surface area contributed by atoms with Gasteiger partial charge in [0.05, 0.1) is 44.4 Å². The number of H-pyrrole nitrogens is 2. The Morgan fingerprint density at radius 1 is 0.505 bits per heavy atom. The van der Waals surface area contributed by atoms with Crippen molar-refractivity contribution in [2.24, 2.45) is 11.5 Å². The van der Waals surface area contributed by atoms with Crippen molar-refractivity contribution in [1.29, 1.82) is 0 Å². The van der Waals surface area contributed by atoms with Gasteiger partial charge in [0.15, 0.2) is 5.82 Å². The number of anilines is 1. The monoisotopic (exact) mass is 1350 g/mol. The number of hydrogen-bond donors (Lipinski definition) is 6. The van der Waals surface area contributed by atoms with Crippen LogP contribution in [0.5, 0.6) is 0 Å². The zero-order valence-electron chi connectivity index (χ0n) is 48.7. The third kappa shape index (κ3) is 17.7. The Morgan fingerprint density at radius 2 is 0.901 bits per heavy atom. The summed E-state index contributed by atoms with van der Waals surface area (Å²) in [5.41, 5.74) is 17.7. The van der Waals surface area contributed by atoms with Crippen molar-refractivity contribution in [3.05, 3.63) is 248 Å². The molecule has 0 atom stereocenters. The molecular weight excluding hydrogens is 1300 g/mol. The SMILES string of the molecule is CC1(C)OB(c2ccccc2)OC1(C)C.Clc1nc(-c2ccccc2)nc2c1ccc1ccccc12.Clc1nc(Cl)c2ccc3ccccc3c2n1.NC(N)=O.Nc1c(C(=O)O)ccc2ccccc12.O=P(Cl)(Cl)Cl.O=c1[nH]c(=O)c2ccc3ccccc3c2[nH]1. The lowest BCUT2D eigenvalue weighted by Crippen LogP contribution is -2.41. The minimum atomic E-state index is -3.22. The fourth-order valence-electron chi connectivity index (χ4n) is 9.33. The highest BCUT2D eigenvalue weighted by Crippen LogP contribution is 2.61. The van der Waals surface area contributed by atoms with E-state index in [0.29, 0.717) is 32.7 Å². The first-order valence-electron chi connectivity index (χ1n) is 27.4. The van der Waals surface area contributed by atoms with E-state index in [9.17, 15) is 18.9 Å². The number of hydrogen-bond acceptors (Lipinski definition) is 12. The number of primary amides is 2. The maximum atomic E-state index is 11.6. The molecule has 1 aliphatic heterocycles. The molecule has 0 spiro atoms. The number of nitrogen functional groups attached to an aromatic ring is 1. The number of aromatic nitrogens is 6. The number of halogens is 6. The van der Waals surface area contributed by atoms with Gasteiger partial charge in [-0.1, -0.05) is 205 Å². The minimum Gasteiger partial charge on any atom is -0.478 e. The number of benzene rings is 10. The zero-order valence-corrected chi connectivity index (χ0v) is 54.2. The second kappa shape index (κ2) is 30.0. The van der Waals surface area contributed by atoms with Gasteiger partial charge in [0.1, 0.15) is 10.3 Å². The molecule has 9 N–H and O–H groups in total. The van der Waals surface area contributed by atoms with Crippen molar-refractivity contribution < 1.29 is 28.6 Å². The van der Waals surface area contributed by atoms with Gasteiger partial charge < -0.3 is 36.6 Å². The number of fused-ring (bicyclic) bond motifs is 10. The average molecular weight is 1360 g/mol. The maximum absolute atomic E-state index is 11.6. The van der Waals surface area contributed by atoms with E-state index in [1.807, 2.05) is 170 Å². The lowest BCUT2D eigenvalue weighted by atomic mass is 9.79. The number of nitrogens with zero attached hydrogens (tertiary/aromatic N) is 4. The Hall–Kier alpha value is -8.65. The molecule has 0 radical (unpaired) electrons. The summed E-state index contributed by atoms with van der Waals surface area (Å²) in [6.07, 6.45) is 0. The first-order chi connectivity index (χ1) is 43.2. The molecule has 0 saturated carbocycles. The molecule has 0 unspecified atom stereocenters. The molecule has 91 heavy (non-hydrogen) atoms. The van der Waals surface area contributed by atoms with Crippen LogP contribution in [0.15, 0.2) is 216 Å². The van der Waals surface area contributed by atoms with Crippen molar-refractivity contribution in [2.75, 3.05) is 5.73 Å². The molecule has 3 aromatic heterocycles. The van der Waals surface area contributed by atoms with Crippen LogP contribution in [0.2, 0.25) is 15.6 Å². The van der Waals surface area contributed by atoms with E-state index in [1.165, 1.54) is 6.07 Å². The summed E-state index contributed by atoms with van der Waals surface area (Å²) < 4.78 is 21.4. The van der Waals surface area contributed by atoms with Gasteiger partial charge in [-0.25, -0.2) is 34.3 Å².